The number of methoxy groups -OCH3 is 1. The van der Waals surface area contributed by atoms with Crippen molar-refractivity contribution in [2.24, 2.45) is 5.92 Å². The fraction of sp³-hybridized carbons (Fsp3) is 0.353. The van der Waals surface area contributed by atoms with E-state index in [1.165, 1.54) is 25.5 Å². The Morgan fingerprint density at radius 1 is 1.32 bits per heavy atom. The van der Waals surface area contributed by atoms with Gasteiger partial charge in [-0.1, -0.05) is 23.7 Å². The molecule has 1 atom stereocenters. The van der Waals surface area contributed by atoms with Gasteiger partial charge in [0.15, 0.2) is 0 Å². The minimum Gasteiger partial charge on any atom is -0.463 e. The van der Waals surface area contributed by atoms with Gasteiger partial charge in [-0.3, -0.25) is 0 Å². The van der Waals surface area contributed by atoms with E-state index in [1.54, 1.807) is 12.1 Å². The number of rotatable bonds is 6. The molecule has 1 aromatic heterocycles. The number of esters is 1. The number of benzene rings is 1. The molecule has 5 heteroatoms. The minimum atomic E-state index is -0.456. The van der Waals surface area contributed by atoms with Crippen molar-refractivity contribution in [2.45, 2.75) is 25.4 Å². The van der Waals surface area contributed by atoms with Crippen LogP contribution < -0.4 is 5.32 Å². The first kappa shape index (κ1) is 15.1. The van der Waals surface area contributed by atoms with Crippen molar-refractivity contribution in [3.8, 4) is 0 Å². The van der Waals surface area contributed by atoms with Crippen LogP contribution in [0, 0.1) is 5.92 Å². The van der Waals surface area contributed by atoms with Crippen LogP contribution in [-0.4, -0.2) is 13.1 Å². The normalized spacial score (nSPS) is 15.5. The van der Waals surface area contributed by atoms with Gasteiger partial charge in [-0.15, -0.1) is 0 Å². The molecule has 1 fully saturated rings. The Balaban J connectivity index is 1.66. The third-order valence-electron chi connectivity index (χ3n) is 3.87. The Hall–Kier alpha value is -1.78. The van der Waals surface area contributed by atoms with Gasteiger partial charge in [0.1, 0.15) is 5.76 Å². The number of carbonyl (C=O) groups is 1. The zero-order valence-corrected chi connectivity index (χ0v) is 13.1. The predicted octanol–water partition coefficient (Wildman–Crippen LogP) is 3.96. The zero-order valence-electron chi connectivity index (χ0n) is 12.3. The number of halogens is 1. The second-order valence-electron chi connectivity index (χ2n) is 5.51. The summed E-state index contributed by atoms with van der Waals surface area (Å²) < 4.78 is 10.1. The highest BCUT2D eigenvalue weighted by Crippen LogP contribution is 2.41. The number of carbonyl (C=O) groups excluding carboxylic acids is 1. The SMILES string of the molecule is COC(=O)c1ccc(CNC(c2ccc(Cl)cc2)C2CC2)o1. The van der Waals surface area contributed by atoms with Crippen LogP contribution in [0.25, 0.3) is 0 Å². The molecule has 0 spiro atoms. The number of nitrogens with one attached hydrogen (secondary N) is 1. The Morgan fingerprint density at radius 2 is 2.05 bits per heavy atom. The van der Waals surface area contributed by atoms with E-state index in [0.29, 0.717) is 12.5 Å². The van der Waals surface area contributed by atoms with Crippen LogP contribution in [0.5, 0.6) is 0 Å². The molecule has 1 saturated carbocycles. The van der Waals surface area contributed by atoms with Crippen molar-refractivity contribution in [1.82, 2.24) is 5.32 Å². The van der Waals surface area contributed by atoms with Crippen molar-refractivity contribution in [3.63, 3.8) is 0 Å². The van der Waals surface area contributed by atoms with Crippen molar-refractivity contribution >= 4 is 17.6 Å². The van der Waals surface area contributed by atoms with E-state index in [2.05, 4.69) is 22.2 Å². The summed E-state index contributed by atoms with van der Waals surface area (Å²) >= 11 is 5.95. The molecule has 4 nitrogen and oxygen atoms in total. The molecule has 0 radical (unpaired) electrons. The van der Waals surface area contributed by atoms with Crippen LogP contribution in [-0.2, 0) is 11.3 Å². The molecule has 0 saturated heterocycles. The monoisotopic (exact) mass is 319 g/mol. The minimum absolute atomic E-state index is 0.230. The largest absolute Gasteiger partial charge is 0.463 e. The van der Waals surface area contributed by atoms with Gasteiger partial charge in [-0.2, -0.15) is 0 Å². The van der Waals surface area contributed by atoms with E-state index in [0.717, 1.165) is 10.8 Å². The van der Waals surface area contributed by atoms with E-state index >= 15 is 0 Å². The van der Waals surface area contributed by atoms with E-state index in [-0.39, 0.29) is 11.8 Å². The number of furan rings is 1. The van der Waals surface area contributed by atoms with E-state index in [9.17, 15) is 4.79 Å². The van der Waals surface area contributed by atoms with Gasteiger partial charge in [0, 0.05) is 11.1 Å². The summed E-state index contributed by atoms with van der Waals surface area (Å²) in [6, 6.07) is 11.7. The van der Waals surface area contributed by atoms with E-state index in [1.807, 2.05) is 12.1 Å². The molecule has 1 aliphatic carbocycles. The molecule has 1 N–H and O–H groups in total. The molecule has 116 valence electrons. The molecule has 1 heterocycles. The first-order valence-corrected chi connectivity index (χ1v) is 7.71. The summed E-state index contributed by atoms with van der Waals surface area (Å²) in [6.45, 7) is 0.570. The molecule has 22 heavy (non-hydrogen) atoms. The van der Waals surface area contributed by atoms with E-state index < -0.39 is 5.97 Å². The Kier molecular flexibility index (Phi) is 4.50. The maximum atomic E-state index is 11.4. The lowest BCUT2D eigenvalue weighted by atomic mass is 10.0. The molecule has 2 aromatic rings. The average molecular weight is 320 g/mol. The molecular formula is C17H18ClNO3. The Labute approximate surface area is 134 Å². The van der Waals surface area contributed by atoms with Crippen molar-refractivity contribution < 1.29 is 13.9 Å². The standard InChI is InChI=1S/C17H18ClNO3/c1-21-17(20)15-9-8-14(22-15)10-19-16(11-2-3-11)12-4-6-13(18)7-5-12/h4-9,11,16,19H,2-3,10H2,1H3. The zero-order chi connectivity index (χ0) is 15.5. The fourth-order valence-electron chi connectivity index (χ4n) is 2.55. The summed E-state index contributed by atoms with van der Waals surface area (Å²) in [7, 11) is 1.34. The van der Waals surface area contributed by atoms with Crippen LogP contribution in [0.1, 0.15) is 40.8 Å². The maximum absolute atomic E-state index is 11.4. The van der Waals surface area contributed by atoms with Crippen LogP contribution in [0.2, 0.25) is 5.02 Å². The molecular weight excluding hydrogens is 302 g/mol. The summed E-state index contributed by atoms with van der Waals surface area (Å²) in [4.78, 5) is 11.4. The topological polar surface area (TPSA) is 51.5 Å². The van der Waals surface area contributed by atoms with Crippen molar-refractivity contribution in [3.05, 3.63) is 58.5 Å². The van der Waals surface area contributed by atoms with Crippen molar-refractivity contribution in [1.29, 1.82) is 0 Å². The quantitative estimate of drug-likeness (QED) is 0.819. The van der Waals surface area contributed by atoms with Gasteiger partial charge in [0.2, 0.25) is 5.76 Å². The molecule has 0 aliphatic heterocycles. The second-order valence-corrected chi connectivity index (χ2v) is 5.94. The van der Waals surface area contributed by atoms with E-state index in [4.69, 9.17) is 16.0 Å². The third-order valence-corrected chi connectivity index (χ3v) is 4.12. The average Bonchev–Trinajstić information content (AvgIpc) is 3.26. The lowest BCUT2D eigenvalue weighted by Crippen LogP contribution is -2.22. The Morgan fingerprint density at radius 3 is 2.68 bits per heavy atom. The highest BCUT2D eigenvalue weighted by Gasteiger charge is 2.32. The third kappa shape index (κ3) is 3.51. The molecule has 3 rings (SSSR count). The molecule has 0 bridgehead atoms. The van der Waals surface area contributed by atoms with Gasteiger partial charge >= 0.3 is 5.97 Å². The van der Waals surface area contributed by atoms with Gasteiger partial charge in [-0.25, -0.2) is 4.79 Å². The van der Waals surface area contributed by atoms with Crippen LogP contribution in [0.15, 0.2) is 40.8 Å². The summed E-state index contributed by atoms with van der Waals surface area (Å²) in [6.07, 6.45) is 2.46. The van der Waals surface area contributed by atoms with Crippen LogP contribution in [0.3, 0.4) is 0 Å². The first-order chi connectivity index (χ1) is 10.7. The lowest BCUT2D eigenvalue weighted by Gasteiger charge is -2.18. The highest BCUT2D eigenvalue weighted by atomic mass is 35.5. The van der Waals surface area contributed by atoms with Gasteiger partial charge in [-0.05, 0) is 48.6 Å². The lowest BCUT2D eigenvalue weighted by molar-refractivity contribution is 0.0562. The number of ether oxygens (including phenoxy) is 1. The fourth-order valence-corrected chi connectivity index (χ4v) is 2.68. The van der Waals surface area contributed by atoms with Crippen LogP contribution >= 0.6 is 11.6 Å². The van der Waals surface area contributed by atoms with Gasteiger partial charge in [0.25, 0.3) is 0 Å². The second kappa shape index (κ2) is 6.55. The molecule has 0 amide bonds. The van der Waals surface area contributed by atoms with Crippen molar-refractivity contribution in [2.75, 3.05) is 7.11 Å². The summed E-state index contributed by atoms with van der Waals surface area (Å²) in [5, 5.41) is 4.26. The summed E-state index contributed by atoms with van der Waals surface area (Å²) in [5.41, 5.74) is 1.23. The highest BCUT2D eigenvalue weighted by molar-refractivity contribution is 6.30. The van der Waals surface area contributed by atoms with Gasteiger partial charge in [0.05, 0.1) is 13.7 Å². The van der Waals surface area contributed by atoms with Crippen LogP contribution in [0.4, 0.5) is 0 Å². The predicted molar refractivity (Wildman–Crippen MR) is 83.8 cm³/mol. The smallest absolute Gasteiger partial charge is 0.373 e. The number of hydrogen-bond donors (Lipinski definition) is 1. The first-order valence-electron chi connectivity index (χ1n) is 7.33. The Bertz CT molecular complexity index is 646. The van der Waals surface area contributed by atoms with Gasteiger partial charge < -0.3 is 14.5 Å². The number of hydrogen-bond acceptors (Lipinski definition) is 4. The summed E-state index contributed by atoms with van der Waals surface area (Å²) in [5.74, 6) is 1.15. The maximum Gasteiger partial charge on any atom is 0.373 e. The molecule has 1 aromatic carbocycles. The molecule has 1 aliphatic rings. The molecule has 1 unspecified atom stereocenters.